The number of anilines is 1. The van der Waals surface area contributed by atoms with Gasteiger partial charge in [0.05, 0.1) is 10.6 Å². The summed E-state index contributed by atoms with van der Waals surface area (Å²) in [5, 5.41) is 2.55. The first kappa shape index (κ1) is 21.0. The molecule has 3 aromatic carbocycles. The molecule has 29 heavy (non-hydrogen) atoms. The molecule has 0 bridgehead atoms. The van der Waals surface area contributed by atoms with Crippen LogP contribution in [0.3, 0.4) is 0 Å². The summed E-state index contributed by atoms with van der Waals surface area (Å²) >= 11 is 11.7. The minimum absolute atomic E-state index is 0.0193. The molecular weight excluding hydrogens is 426 g/mol. The molecule has 0 saturated carbocycles. The van der Waals surface area contributed by atoms with Gasteiger partial charge in [-0.3, -0.25) is 4.79 Å². The van der Waals surface area contributed by atoms with Crippen LogP contribution in [-0.4, -0.2) is 5.91 Å². The first-order chi connectivity index (χ1) is 13.7. The molecule has 0 fully saturated rings. The van der Waals surface area contributed by atoms with Gasteiger partial charge in [-0.2, -0.15) is 13.2 Å². The Labute approximate surface area is 175 Å². The summed E-state index contributed by atoms with van der Waals surface area (Å²) in [5.74, 6) is -0.159. The SMILES string of the molecule is O=C(Nc1ccc(Cl)c(C(F)(F)F)c1)c1cccc(OCc2ccccc2Cl)c1. The number of hydrogen-bond donors (Lipinski definition) is 1. The lowest BCUT2D eigenvalue weighted by molar-refractivity contribution is -0.137. The fraction of sp³-hybridized carbons (Fsp3) is 0.0952. The Balaban J connectivity index is 1.72. The highest BCUT2D eigenvalue weighted by Gasteiger charge is 2.33. The quantitative estimate of drug-likeness (QED) is 0.472. The van der Waals surface area contributed by atoms with Crippen LogP contribution in [0.15, 0.2) is 66.7 Å². The number of halogens is 5. The van der Waals surface area contributed by atoms with Crippen LogP contribution >= 0.6 is 23.2 Å². The highest BCUT2D eigenvalue weighted by Crippen LogP contribution is 2.36. The smallest absolute Gasteiger partial charge is 0.417 e. The van der Waals surface area contributed by atoms with Gasteiger partial charge in [0.25, 0.3) is 5.91 Å². The van der Waals surface area contributed by atoms with Gasteiger partial charge in [-0.25, -0.2) is 0 Å². The second kappa shape index (κ2) is 8.76. The van der Waals surface area contributed by atoms with E-state index in [1.54, 1.807) is 24.3 Å². The minimum Gasteiger partial charge on any atom is -0.489 e. The van der Waals surface area contributed by atoms with Crippen molar-refractivity contribution in [2.24, 2.45) is 0 Å². The summed E-state index contributed by atoms with van der Waals surface area (Å²) < 4.78 is 44.6. The standard InChI is InChI=1S/C21H14Cl2F3NO2/c22-18-7-2-1-4-14(18)12-29-16-6-3-5-13(10-16)20(28)27-15-8-9-19(23)17(11-15)21(24,25)26/h1-11H,12H2,(H,27,28). The van der Waals surface area contributed by atoms with E-state index in [9.17, 15) is 18.0 Å². The summed E-state index contributed by atoms with van der Waals surface area (Å²) in [4.78, 5) is 12.4. The maximum absolute atomic E-state index is 13.0. The molecule has 0 aromatic heterocycles. The van der Waals surface area contributed by atoms with E-state index in [2.05, 4.69) is 5.32 Å². The zero-order valence-electron chi connectivity index (χ0n) is 14.8. The maximum atomic E-state index is 13.0. The largest absolute Gasteiger partial charge is 0.489 e. The molecule has 3 aromatic rings. The number of amides is 1. The third-order valence-corrected chi connectivity index (χ3v) is 4.68. The van der Waals surface area contributed by atoms with E-state index in [1.165, 1.54) is 18.2 Å². The number of hydrogen-bond acceptors (Lipinski definition) is 2. The monoisotopic (exact) mass is 439 g/mol. The van der Waals surface area contributed by atoms with E-state index >= 15 is 0 Å². The number of carbonyl (C=O) groups excluding carboxylic acids is 1. The van der Waals surface area contributed by atoms with Crippen LogP contribution in [0.5, 0.6) is 5.75 Å². The minimum atomic E-state index is -4.62. The molecule has 0 aliphatic carbocycles. The van der Waals surface area contributed by atoms with Crippen LogP contribution in [0, 0.1) is 0 Å². The van der Waals surface area contributed by atoms with Crippen molar-refractivity contribution in [3.63, 3.8) is 0 Å². The summed E-state index contributed by atoms with van der Waals surface area (Å²) in [5.41, 5.74) is -0.0297. The Bertz CT molecular complexity index is 1040. The predicted octanol–water partition coefficient (Wildman–Crippen LogP) is 6.84. The third kappa shape index (κ3) is 5.43. The Kier molecular flexibility index (Phi) is 6.35. The fourth-order valence-corrected chi connectivity index (χ4v) is 2.94. The highest BCUT2D eigenvalue weighted by molar-refractivity contribution is 6.31. The van der Waals surface area contributed by atoms with E-state index in [4.69, 9.17) is 27.9 Å². The number of ether oxygens (including phenoxy) is 1. The summed E-state index contributed by atoms with van der Waals surface area (Å²) in [7, 11) is 0. The summed E-state index contributed by atoms with van der Waals surface area (Å²) in [6.45, 7) is 0.205. The van der Waals surface area contributed by atoms with E-state index in [0.29, 0.717) is 10.8 Å². The number of carbonyl (C=O) groups is 1. The normalized spacial score (nSPS) is 11.2. The molecule has 0 unspecified atom stereocenters. The Morgan fingerprint density at radius 2 is 1.69 bits per heavy atom. The molecule has 3 rings (SSSR count). The van der Waals surface area contributed by atoms with E-state index < -0.39 is 22.7 Å². The highest BCUT2D eigenvalue weighted by atomic mass is 35.5. The second-order valence-corrected chi connectivity index (χ2v) is 6.87. The number of alkyl halides is 3. The van der Waals surface area contributed by atoms with Crippen molar-refractivity contribution in [1.82, 2.24) is 0 Å². The van der Waals surface area contributed by atoms with Crippen LogP contribution in [0.2, 0.25) is 10.0 Å². The van der Waals surface area contributed by atoms with E-state index in [-0.39, 0.29) is 17.9 Å². The van der Waals surface area contributed by atoms with Gasteiger partial charge in [-0.15, -0.1) is 0 Å². The average Bonchev–Trinajstić information content (AvgIpc) is 2.68. The van der Waals surface area contributed by atoms with Crippen LogP contribution < -0.4 is 10.1 Å². The second-order valence-electron chi connectivity index (χ2n) is 6.05. The van der Waals surface area contributed by atoms with Crippen LogP contribution in [-0.2, 0) is 12.8 Å². The topological polar surface area (TPSA) is 38.3 Å². The molecule has 0 atom stereocenters. The van der Waals surface area contributed by atoms with Crippen LogP contribution in [0.4, 0.5) is 18.9 Å². The molecule has 0 heterocycles. The van der Waals surface area contributed by atoms with Gasteiger partial charge >= 0.3 is 6.18 Å². The number of rotatable bonds is 5. The zero-order valence-corrected chi connectivity index (χ0v) is 16.3. The van der Waals surface area contributed by atoms with Gasteiger partial charge in [0, 0.05) is 21.8 Å². The molecule has 150 valence electrons. The van der Waals surface area contributed by atoms with Crippen molar-refractivity contribution in [2.45, 2.75) is 12.8 Å². The first-order valence-electron chi connectivity index (χ1n) is 8.38. The Hall–Kier alpha value is -2.70. The molecule has 1 N–H and O–H groups in total. The van der Waals surface area contributed by atoms with Gasteiger partial charge in [-0.1, -0.05) is 47.5 Å². The van der Waals surface area contributed by atoms with Crippen molar-refractivity contribution in [3.05, 3.63) is 93.5 Å². The first-order valence-corrected chi connectivity index (χ1v) is 9.14. The average molecular weight is 440 g/mol. The number of nitrogens with one attached hydrogen (secondary N) is 1. The van der Waals surface area contributed by atoms with Crippen molar-refractivity contribution in [2.75, 3.05) is 5.32 Å². The molecule has 0 saturated heterocycles. The predicted molar refractivity (Wildman–Crippen MR) is 107 cm³/mol. The molecule has 0 spiro atoms. The molecule has 8 heteroatoms. The zero-order chi connectivity index (χ0) is 21.0. The van der Waals surface area contributed by atoms with Crippen LogP contribution in [0.25, 0.3) is 0 Å². The van der Waals surface area contributed by atoms with Gasteiger partial charge in [0.15, 0.2) is 0 Å². The third-order valence-electron chi connectivity index (χ3n) is 3.98. The molecule has 0 aliphatic rings. The van der Waals surface area contributed by atoms with Crippen molar-refractivity contribution in [1.29, 1.82) is 0 Å². The van der Waals surface area contributed by atoms with Gasteiger partial charge in [0.2, 0.25) is 0 Å². The lowest BCUT2D eigenvalue weighted by Gasteiger charge is -2.12. The van der Waals surface area contributed by atoms with Gasteiger partial charge in [0.1, 0.15) is 12.4 Å². The molecular formula is C21H14Cl2F3NO2. The van der Waals surface area contributed by atoms with Gasteiger partial charge < -0.3 is 10.1 Å². The summed E-state index contributed by atoms with van der Waals surface area (Å²) in [6.07, 6.45) is -4.62. The van der Waals surface area contributed by atoms with Crippen molar-refractivity contribution in [3.8, 4) is 5.75 Å². The van der Waals surface area contributed by atoms with Crippen molar-refractivity contribution >= 4 is 34.8 Å². The summed E-state index contributed by atoms with van der Waals surface area (Å²) in [6, 6.07) is 16.7. The Morgan fingerprint density at radius 3 is 2.41 bits per heavy atom. The molecule has 0 radical (unpaired) electrons. The van der Waals surface area contributed by atoms with Crippen LogP contribution in [0.1, 0.15) is 21.5 Å². The lowest BCUT2D eigenvalue weighted by atomic mass is 10.1. The van der Waals surface area contributed by atoms with Gasteiger partial charge in [-0.05, 0) is 42.5 Å². The molecule has 3 nitrogen and oxygen atoms in total. The maximum Gasteiger partial charge on any atom is 0.417 e. The molecule has 1 amide bonds. The Morgan fingerprint density at radius 1 is 0.931 bits per heavy atom. The fourth-order valence-electron chi connectivity index (χ4n) is 2.53. The van der Waals surface area contributed by atoms with E-state index in [1.807, 2.05) is 12.1 Å². The molecule has 0 aliphatic heterocycles. The number of benzene rings is 3. The lowest BCUT2D eigenvalue weighted by Crippen LogP contribution is -2.13. The van der Waals surface area contributed by atoms with Crippen molar-refractivity contribution < 1.29 is 22.7 Å². The van der Waals surface area contributed by atoms with E-state index in [0.717, 1.165) is 17.7 Å².